The van der Waals surface area contributed by atoms with Gasteiger partial charge in [0.25, 0.3) is 0 Å². The number of aliphatic hydroxyl groups excluding tert-OH is 1. The second-order valence-corrected chi connectivity index (χ2v) is 9.14. The van der Waals surface area contributed by atoms with Gasteiger partial charge in [-0.25, -0.2) is 0 Å². The fourth-order valence-electron chi connectivity index (χ4n) is 4.58. The number of hydrogen-bond acceptors (Lipinski definition) is 5. The average Bonchev–Trinajstić information content (AvgIpc) is 2.97. The van der Waals surface area contributed by atoms with Gasteiger partial charge in [0.1, 0.15) is 11.4 Å². The first-order valence-corrected chi connectivity index (χ1v) is 13.0. The first-order valence-electron chi connectivity index (χ1n) is 13.0. The Bertz CT molecular complexity index is 1100. The maximum atomic E-state index is 10.1. The Morgan fingerprint density at radius 1 is 0.711 bits per heavy atom. The Morgan fingerprint density at radius 2 is 1.21 bits per heavy atom. The first-order chi connectivity index (χ1) is 18.6. The maximum absolute atomic E-state index is 10.1. The van der Waals surface area contributed by atoms with Crippen LogP contribution in [0.25, 0.3) is 0 Å². The van der Waals surface area contributed by atoms with E-state index in [1.165, 1.54) is 0 Å². The fraction of sp³-hybridized carbons (Fsp3) is 0.273. The van der Waals surface area contributed by atoms with Crippen molar-refractivity contribution in [2.24, 2.45) is 0 Å². The smallest absolute Gasteiger partial charge is 0.152 e. The number of ether oxygens (including phenoxy) is 4. The van der Waals surface area contributed by atoms with E-state index in [0.29, 0.717) is 19.6 Å². The van der Waals surface area contributed by atoms with Crippen molar-refractivity contribution in [1.29, 1.82) is 0 Å². The average molecular weight is 513 g/mol. The van der Waals surface area contributed by atoms with Crippen LogP contribution in [-0.2, 0) is 26.4 Å². The molecule has 4 aromatic rings. The van der Waals surface area contributed by atoms with Gasteiger partial charge < -0.3 is 24.1 Å². The monoisotopic (exact) mass is 512 g/mol. The van der Waals surface area contributed by atoms with Crippen LogP contribution in [0.1, 0.15) is 35.6 Å². The molecule has 0 aromatic heterocycles. The summed E-state index contributed by atoms with van der Waals surface area (Å²) in [5.41, 5.74) is 3.26. The molecule has 0 amide bonds. The summed E-state index contributed by atoms with van der Waals surface area (Å²) >= 11 is 0. The van der Waals surface area contributed by atoms with E-state index in [1.54, 1.807) is 14.0 Å². The zero-order chi connectivity index (χ0) is 26.6. The highest BCUT2D eigenvalue weighted by atomic mass is 16.6. The van der Waals surface area contributed by atoms with E-state index in [1.807, 2.05) is 78.9 Å². The van der Waals surface area contributed by atoms with Gasteiger partial charge in [-0.05, 0) is 47.7 Å². The van der Waals surface area contributed by atoms with Gasteiger partial charge in [-0.2, -0.15) is 0 Å². The molecule has 5 heteroatoms. The normalized spacial score (nSPS) is 13.1. The van der Waals surface area contributed by atoms with Crippen molar-refractivity contribution in [2.75, 3.05) is 20.3 Å². The predicted octanol–water partition coefficient (Wildman–Crippen LogP) is 6.33. The highest BCUT2D eigenvalue weighted by molar-refractivity contribution is 5.47. The Hall–Kier alpha value is -3.48. The van der Waals surface area contributed by atoms with Crippen LogP contribution < -0.4 is 4.74 Å². The molecule has 198 valence electrons. The molecule has 0 saturated heterocycles. The molecule has 2 atom stereocenters. The SMILES string of the molecule is COc1ccc(COCC[C@@H](COC(c2ccccc2)(c2ccccc2)c2ccccc2)OC(C)O)cc1. The van der Waals surface area contributed by atoms with Crippen LogP contribution >= 0.6 is 0 Å². The highest BCUT2D eigenvalue weighted by Crippen LogP contribution is 2.40. The molecule has 0 aliphatic carbocycles. The van der Waals surface area contributed by atoms with Crippen molar-refractivity contribution in [3.63, 3.8) is 0 Å². The number of rotatable bonds is 14. The van der Waals surface area contributed by atoms with Crippen LogP contribution in [-0.4, -0.2) is 37.8 Å². The molecule has 1 unspecified atom stereocenters. The third-order valence-corrected chi connectivity index (χ3v) is 6.43. The van der Waals surface area contributed by atoms with E-state index in [4.69, 9.17) is 18.9 Å². The van der Waals surface area contributed by atoms with E-state index in [0.717, 1.165) is 28.0 Å². The van der Waals surface area contributed by atoms with E-state index in [-0.39, 0.29) is 12.7 Å². The lowest BCUT2D eigenvalue weighted by Crippen LogP contribution is -2.37. The van der Waals surface area contributed by atoms with Gasteiger partial charge in [0.15, 0.2) is 6.29 Å². The maximum Gasteiger partial charge on any atom is 0.152 e. The Morgan fingerprint density at radius 3 is 1.66 bits per heavy atom. The molecule has 5 nitrogen and oxygen atoms in total. The zero-order valence-corrected chi connectivity index (χ0v) is 22.0. The summed E-state index contributed by atoms with van der Waals surface area (Å²) in [7, 11) is 1.65. The minimum absolute atomic E-state index is 0.259. The molecule has 0 spiro atoms. The van der Waals surface area contributed by atoms with Gasteiger partial charge in [-0.3, -0.25) is 0 Å². The molecule has 4 aromatic carbocycles. The van der Waals surface area contributed by atoms with Crippen LogP contribution in [0.5, 0.6) is 5.75 Å². The van der Waals surface area contributed by atoms with E-state index in [2.05, 4.69) is 36.4 Å². The topological polar surface area (TPSA) is 57.2 Å². The van der Waals surface area contributed by atoms with Crippen LogP contribution in [0.15, 0.2) is 115 Å². The number of benzene rings is 4. The molecule has 1 N–H and O–H groups in total. The lowest BCUT2D eigenvalue weighted by Gasteiger charge is -2.37. The molecule has 0 saturated carbocycles. The molecule has 0 bridgehead atoms. The van der Waals surface area contributed by atoms with Gasteiger partial charge in [0.2, 0.25) is 0 Å². The van der Waals surface area contributed by atoms with Crippen LogP contribution in [0.4, 0.5) is 0 Å². The lowest BCUT2D eigenvalue weighted by molar-refractivity contribution is -0.159. The summed E-state index contributed by atoms with van der Waals surface area (Å²) in [6.07, 6.45) is -0.735. The van der Waals surface area contributed by atoms with E-state index < -0.39 is 11.9 Å². The molecule has 0 fully saturated rings. The van der Waals surface area contributed by atoms with Crippen molar-refractivity contribution in [1.82, 2.24) is 0 Å². The van der Waals surface area contributed by atoms with Crippen molar-refractivity contribution in [3.05, 3.63) is 138 Å². The predicted molar refractivity (Wildman–Crippen MR) is 149 cm³/mol. The van der Waals surface area contributed by atoms with Crippen molar-refractivity contribution >= 4 is 0 Å². The molecule has 4 rings (SSSR count). The molecular formula is C33H36O5. The fourth-order valence-corrected chi connectivity index (χ4v) is 4.58. The molecule has 0 aliphatic rings. The van der Waals surface area contributed by atoms with Crippen molar-refractivity contribution in [2.45, 2.75) is 37.9 Å². The van der Waals surface area contributed by atoms with Gasteiger partial charge in [-0.15, -0.1) is 0 Å². The zero-order valence-electron chi connectivity index (χ0n) is 22.0. The minimum Gasteiger partial charge on any atom is -0.497 e. The van der Waals surface area contributed by atoms with Crippen LogP contribution in [0.2, 0.25) is 0 Å². The van der Waals surface area contributed by atoms with Crippen LogP contribution in [0.3, 0.4) is 0 Å². The third-order valence-electron chi connectivity index (χ3n) is 6.43. The quantitative estimate of drug-likeness (QED) is 0.121. The van der Waals surface area contributed by atoms with Crippen molar-refractivity contribution in [3.8, 4) is 5.75 Å². The standard InChI is InChI=1S/C33H36O5/c1-26(34)38-32(22-23-36-24-27-18-20-31(35-2)21-19-27)25-37-33(28-12-6-3-7-13-28,29-14-8-4-9-15-29)30-16-10-5-11-17-30/h3-21,26,32,34H,22-25H2,1-2H3/t26?,32-/m0/s1. The third kappa shape index (κ3) is 7.09. The van der Waals surface area contributed by atoms with Gasteiger partial charge in [0.05, 0.1) is 26.4 Å². The van der Waals surface area contributed by atoms with Crippen molar-refractivity contribution < 1.29 is 24.1 Å². The largest absolute Gasteiger partial charge is 0.497 e. The van der Waals surface area contributed by atoms with E-state index in [9.17, 15) is 5.11 Å². The molecule has 38 heavy (non-hydrogen) atoms. The Labute approximate surface area is 225 Å². The lowest BCUT2D eigenvalue weighted by atomic mass is 9.80. The molecular weight excluding hydrogens is 476 g/mol. The number of methoxy groups -OCH3 is 1. The number of aliphatic hydroxyl groups is 1. The molecule has 0 heterocycles. The highest BCUT2D eigenvalue weighted by Gasteiger charge is 2.38. The number of hydrogen-bond donors (Lipinski definition) is 1. The second-order valence-electron chi connectivity index (χ2n) is 9.14. The summed E-state index contributed by atoms with van der Waals surface area (Å²) in [5, 5.41) is 10.1. The summed E-state index contributed by atoms with van der Waals surface area (Å²) in [6, 6.07) is 38.5. The second kappa shape index (κ2) is 13.9. The van der Waals surface area contributed by atoms with Gasteiger partial charge in [-0.1, -0.05) is 103 Å². The molecule has 0 radical (unpaired) electrons. The summed E-state index contributed by atoms with van der Waals surface area (Å²) in [6.45, 7) is 2.82. The van der Waals surface area contributed by atoms with E-state index >= 15 is 0 Å². The summed E-state index contributed by atoms with van der Waals surface area (Å²) in [5.74, 6) is 0.815. The minimum atomic E-state index is -0.926. The van der Waals surface area contributed by atoms with Gasteiger partial charge in [0, 0.05) is 6.61 Å². The molecule has 0 aliphatic heterocycles. The Balaban J connectivity index is 1.54. The van der Waals surface area contributed by atoms with Gasteiger partial charge >= 0.3 is 0 Å². The summed E-state index contributed by atoms with van der Waals surface area (Å²) < 4.78 is 23.9. The Kier molecular flexibility index (Phi) is 10.1. The van der Waals surface area contributed by atoms with Crippen LogP contribution in [0, 0.1) is 0 Å². The first kappa shape index (κ1) is 27.6. The summed E-state index contributed by atoms with van der Waals surface area (Å²) in [4.78, 5) is 0.